The van der Waals surface area contributed by atoms with Gasteiger partial charge in [-0.1, -0.05) is 47.7 Å². The number of hydrogen-bond acceptors (Lipinski definition) is 6. The summed E-state index contributed by atoms with van der Waals surface area (Å²) in [6, 6.07) is 16.4. The Kier molecular flexibility index (Phi) is 7.98. The third-order valence-corrected chi connectivity index (χ3v) is 8.51. The van der Waals surface area contributed by atoms with Crippen LogP contribution in [0, 0.1) is 16.9 Å². The van der Waals surface area contributed by atoms with Crippen molar-refractivity contribution >= 4 is 40.1 Å². The number of carboxylic acid groups (broad SMARTS) is 1. The number of carbonyl (C=O) groups is 3. The number of pyridine rings is 1. The zero-order chi connectivity index (χ0) is 30.1. The van der Waals surface area contributed by atoms with Crippen molar-refractivity contribution in [3.63, 3.8) is 0 Å². The van der Waals surface area contributed by atoms with E-state index in [1.54, 1.807) is 23.2 Å². The van der Waals surface area contributed by atoms with Gasteiger partial charge in [-0.25, -0.2) is 14.4 Å². The molecule has 11 heteroatoms. The Bertz CT molecular complexity index is 1670. The van der Waals surface area contributed by atoms with Crippen molar-refractivity contribution in [1.82, 2.24) is 9.97 Å². The highest BCUT2D eigenvalue weighted by Crippen LogP contribution is 2.41. The first-order valence-electron chi connectivity index (χ1n) is 14.1. The normalized spacial score (nSPS) is 15.5. The molecule has 43 heavy (non-hydrogen) atoms. The van der Waals surface area contributed by atoms with Crippen molar-refractivity contribution in [3.8, 4) is 22.4 Å². The van der Waals surface area contributed by atoms with Crippen molar-refractivity contribution in [2.24, 2.45) is 5.92 Å². The van der Waals surface area contributed by atoms with Gasteiger partial charge in [0.25, 0.3) is 0 Å². The Labute approximate surface area is 250 Å². The van der Waals surface area contributed by atoms with E-state index in [1.807, 2.05) is 30.3 Å². The summed E-state index contributed by atoms with van der Waals surface area (Å²) in [6.45, 7) is 0.592. The zero-order valence-corrected chi connectivity index (χ0v) is 23.9. The molecule has 4 aromatic rings. The van der Waals surface area contributed by atoms with Gasteiger partial charge in [0.05, 0.1) is 12.3 Å². The SMILES string of the molecule is O=C(O)C[C@@H](Cc1ccccc1)C(=O)N(c1nc(-c2cc(F)ccc2-c2ccc(N3CCCC3=O)nc2)c(F)s1)C1CC1. The number of nitrogens with zero attached hydrogens (tertiary/aromatic N) is 4. The number of aliphatic carboxylic acids is 1. The average molecular weight is 603 g/mol. The molecule has 0 radical (unpaired) electrons. The van der Waals surface area contributed by atoms with E-state index >= 15 is 4.39 Å². The highest BCUT2D eigenvalue weighted by molar-refractivity contribution is 7.14. The third kappa shape index (κ3) is 6.17. The lowest BCUT2D eigenvalue weighted by Gasteiger charge is -2.24. The van der Waals surface area contributed by atoms with E-state index in [0.29, 0.717) is 54.1 Å². The van der Waals surface area contributed by atoms with Gasteiger partial charge in [0.15, 0.2) is 5.13 Å². The van der Waals surface area contributed by atoms with Crippen molar-refractivity contribution in [2.75, 3.05) is 16.3 Å². The van der Waals surface area contributed by atoms with Gasteiger partial charge < -0.3 is 5.11 Å². The number of benzene rings is 2. The topological polar surface area (TPSA) is 104 Å². The van der Waals surface area contributed by atoms with E-state index in [2.05, 4.69) is 9.97 Å². The minimum Gasteiger partial charge on any atom is -0.481 e. The number of carbonyl (C=O) groups excluding carboxylic acids is 2. The molecule has 3 heterocycles. The van der Waals surface area contributed by atoms with Crippen molar-refractivity contribution in [1.29, 1.82) is 0 Å². The van der Waals surface area contributed by atoms with Gasteiger partial charge in [0.2, 0.25) is 16.9 Å². The van der Waals surface area contributed by atoms with Crippen LogP contribution >= 0.6 is 11.3 Å². The summed E-state index contributed by atoms with van der Waals surface area (Å²) in [5.74, 6) is -2.46. The van der Waals surface area contributed by atoms with Gasteiger partial charge in [-0.05, 0) is 61.1 Å². The highest BCUT2D eigenvalue weighted by atomic mass is 32.1. The van der Waals surface area contributed by atoms with Gasteiger partial charge in [0, 0.05) is 36.3 Å². The van der Waals surface area contributed by atoms with Crippen molar-refractivity contribution in [3.05, 3.63) is 83.4 Å². The molecule has 6 rings (SSSR count). The molecule has 2 aromatic heterocycles. The molecule has 2 aliphatic rings. The van der Waals surface area contributed by atoms with Crippen LogP contribution in [0.4, 0.5) is 19.7 Å². The number of thiazole rings is 1. The fourth-order valence-electron chi connectivity index (χ4n) is 5.44. The number of hydrogen-bond donors (Lipinski definition) is 1. The maximum Gasteiger partial charge on any atom is 0.304 e. The molecule has 1 saturated heterocycles. The molecule has 0 bridgehead atoms. The van der Waals surface area contributed by atoms with Crippen molar-refractivity contribution in [2.45, 2.75) is 44.6 Å². The quantitative estimate of drug-likeness (QED) is 0.235. The van der Waals surface area contributed by atoms with Crippen LogP contribution in [-0.2, 0) is 20.8 Å². The number of amides is 2. The standard InChI is InChI=1S/C32H28F2N4O4S/c33-22-9-12-24(20-8-13-26(35-18-20)37-14-4-7-27(37)39)25(17-22)29-30(34)43-32(36-29)38(23-10-11-23)31(42)21(16-28(40)41)15-19-5-2-1-3-6-19/h1-3,5-6,8-9,12-13,17-18,21,23H,4,7,10-11,14-16H2,(H,40,41)/t21-/m1/s1. The molecule has 8 nitrogen and oxygen atoms in total. The van der Waals surface area contributed by atoms with Crippen LogP contribution in [0.2, 0.25) is 0 Å². The third-order valence-electron chi connectivity index (χ3n) is 7.67. The van der Waals surface area contributed by atoms with Gasteiger partial charge in [-0.15, -0.1) is 0 Å². The number of anilines is 2. The molecule has 2 aromatic carbocycles. The fourth-order valence-corrected chi connectivity index (χ4v) is 6.32. The maximum absolute atomic E-state index is 15.6. The Balaban J connectivity index is 1.33. The van der Waals surface area contributed by atoms with Gasteiger partial charge in [-0.3, -0.25) is 24.2 Å². The van der Waals surface area contributed by atoms with E-state index in [9.17, 15) is 23.9 Å². The second kappa shape index (κ2) is 12.0. The minimum atomic E-state index is -1.10. The number of rotatable bonds is 10. The summed E-state index contributed by atoms with van der Waals surface area (Å²) in [6.07, 6.45) is 4.02. The lowest BCUT2D eigenvalue weighted by Crippen LogP contribution is -2.39. The Morgan fingerprint density at radius 3 is 2.51 bits per heavy atom. The molecule has 1 aliphatic carbocycles. The van der Waals surface area contributed by atoms with Gasteiger partial charge in [-0.2, -0.15) is 4.39 Å². The van der Waals surface area contributed by atoms with Crippen LogP contribution in [0.3, 0.4) is 0 Å². The Morgan fingerprint density at radius 1 is 1.07 bits per heavy atom. The Hall–Kier alpha value is -4.51. The molecular weight excluding hydrogens is 574 g/mol. The smallest absolute Gasteiger partial charge is 0.304 e. The van der Waals surface area contributed by atoms with Crippen LogP contribution in [0.25, 0.3) is 22.4 Å². The zero-order valence-electron chi connectivity index (χ0n) is 23.1. The van der Waals surface area contributed by atoms with Gasteiger partial charge >= 0.3 is 5.97 Å². The number of aromatic nitrogens is 2. The molecule has 0 spiro atoms. The summed E-state index contributed by atoms with van der Waals surface area (Å²) in [4.78, 5) is 49.6. The van der Waals surface area contributed by atoms with Crippen LogP contribution in [0.1, 0.15) is 37.7 Å². The summed E-state index contributed by atoms with van der Waals surface area (Å²) >= 11 is 0.683. The van der Waals surface area contributed by atoms with E-state index in [1.165, 1.54) is 23.1 Å². The van der Waals surface area contributed by atoms with Crippen LogP contribution in [0.15, 0.2) is 66.9 Å². The maximum atomic E-state index is 15.6. The molecule has 2 amide bonds. The lowest BCUT2D eigenvalue weighted by atomic mass is 9.94. The molecule has 2 fully saturated rings. The molecule has 0 unspecified atom stereocenters. The summed E-state index contributed by atoms with van der Waals surface area (Å²) in [5, 5.41) is 8.99. The monoisotopic (exact) mass is 602 g/mol. The van der Waals surface area contributed by atoms with Crippen LogP contribution < -0.4 is 9.80 Å². The molecule has 1 aliphatic heterocycles. The first-order valence-corrected chi connectivity index (χ1v) is 14.9. The Morgan fingerprint density at radius 2 is 1.86 bits per heavy atom. The van der Waals surface area contributed by atoms with Crippen LogP contribution in [-0.4, -0.2) is 45.4 Å². The van der Waals surface area contributed by atoms with E-state index in [0.717, 1.165) is 12.0 Å². The molecule has 220 valence electrons. The molecule has 1 atom stereocenters. The second-order valence-corrected chi connectivity index (χ2v) is 11.7. The fraction of sp³-hybridized carbons (Fsp3) is 0.281. The second-order valence-electron chi connectivity index (χ2n) is 10.8. The highest BCUT2D eigenvalue weighted by Gasteiger charge is 2.40. The average Bonchev–Trinajstić information content (AvgIpc) is 3.62. The van der Waals surface area contributed by atoms with Gasteiger partial charge in [0.1, 0.15) is 17.3 Å². The number of halogens is 2. The first kappa shape index (κ1) is 28.6. The first-order chi connectivity index (χ1) is 20.8. The summed E-state index contributed by atoms with van der Waals surface area (Å²) < 4.78 is 30.2. The minimum absolute atomic E-state index is 0.00363. The van der Waals surface area contributed by atoms with Crippen LogP contribution in [0.5, 0.6) is 0 Å². The van der Waals surface area contributed by atoms with E-state index < -0.39 is 28.7 Å². The van der Waals surface area contributed by atoms with Crippen molar-refractivity contribution < 1.29 is 28.3 Å². The lowest BCUT2D eigenvalue weighted by molar-refractivity contribution is -0.140. The predicted molar refractivity (Wildman–Crippen MR) is 159 cm³/mol. The number of carboxylic acids is 1. The largest absolute Gasteiger partial charge is 0.481 e. The predicted octanol–water partition coefficient (Wildman–Crippen LogP) is 6.11. The van der Waals surface area contributed by atoms with E-state index in [-0.39, 0.29) is 41.2 Å². The summed E-state index contributed by atoms with van der Waals surface area (Å²) in [5.41, 5.74) is 1.98. The molecule has 1 N–H and O–H groups in total. The molecular formula is C32H28F2N4O4S. The summed E-state index contributed by atoms with van der Waals surface area (Å²) in [7, 11) is 0. The molecule has 1 saturated carbocycles. The van der Waals surface area contributed by atoms with E-state index in [4.69, 9.17) is 0 Å².